The molecule has 1 aliphatic rings. The average Bonchev–Trinajstić information content (AvgIpc) is 2.63. The van der Waals surface area contributed by atoms with E-state index in [-0.39, 0.29) is 5.41 Å². The summed E-state index contributed by atoms with van der Waals surface area (Å²) in [7, 11) is 0. The SMILES string of the molecule is CC1(C)CCCC1(O)Cn1cncn1. The van der Waals surface area contributed by atoms with Gasteiger partial charge in [0.2, 0.25) is 0 Å². The molecule has 1 fully saturated rings. The Bertz CT molecular complexity index is 307. The monoisotopic (exact) mass is 195 g/mol. The molecule has 1 aromatic rings. The van der Waals surface area contributed by atoms with Crippen LogP contribution >= 0.6 is 0 Å². The molecule has 0 aliphatic heterocycles. The predicted octanol–water partition coefficient (Wildman–Crippen LogP) is 1.22. The largest absolute Gasteiger partial charge is 0.387 e. The Morgan fingerprint density at radius 3 is 2.71 bits per heavy atom. The van der Waals surface area contributed by atoms with Crippen LogP contribution in [0.3, 0.4) is 0 Å². The van der Waals surface area contributed by atoms with Crippen molar-refractivity contribution in [3.8, 4) is 0 Å². The van der Waals surface area contributed by atoms with E-state index in [1.807, 2.05) is 0 Å². The van der Waals surface area contributed by atoms with Crippen LogP contribution in [-0.2, 0) is 6.54 Å². The zero-order chi connectivity index (χ0) is 10.2. The predicted molar refractivity (Wildman–Crippen MR) is 52.6 cm³/mol. The summed E-state index contributed by atoms with van der Waals surface area (Å²) in [4.78, 5) is 3.88. The molecule has 1 saturated carbocycles. The van der Waals surface area contributed by atoms with Crippen molar-refractivity contribution < 1.29 is 5.11 Å². The van der Waals surface area contributed by atoms with Gasteiger partial charge < -0.3 is 5.11 Å². The van der Waals surface area contributed by atoms with Gasteiger partial charge in [-0.1, -0.05) is 13.8 Å². The summed E-state index contributed by atoms with van der Waals surface area (Å²) >= 11 is 0. The first kappa shape index (κ1) is 9.65. The van der Waals surface area contributed by atoms with E-state index in [9.17, 15) is 5.11 Å². The molecule has 0 saturated heterocycles. The van der Waals surface area contributed by atoms with Crippen LogP contribution in [0.4, 0.5) is 0 Å². The van der Waals surface area contributed by atoms with E-state index in [1.54, 1.807) is 11.0 Å². The molecule has 1 atom stereocenters. The summed E-state index contributed by atoms with van der Waals surface area (Å²) in [6, 6.07) is 0. The fraction of sp³-hybridized carbons (Fsp3) is 0.800. The Morgan fingerprint density at radius 2 is 2.21 bits per heavy atom. The molecule has 1 N–H and O–H groups in total. The molecule has 1 unspecified atom stereocenters. The molecule has 0 aromatic carbocycles. The van der Waals surface area contributed by atoms with E-state index >= 15 is 0 Å². The molecular weight excluding hydrogens is 178 g/mol. The third kappa shape index (κ3) is 1.43. The van der Waals surface area contributed by atoms with Crippen molar-refractivity contribution in [1.82, 2.24) is 14.8 Å². The van der Waals surface area contributed by atoms with Crippen molar-refractivity contribution in [1.29, 1.82) is 0 Å². The molecule has 0 radical (unpaired) electrons. The summed E-state index contributed by atoms with van der Waals surface area (Å²) < 4.78 is 1.72. The van der Waals surface area contributed by atoms with Gasteiger partial charge in [-0.05, 0) is 24.7 Å². The molecule has 2 rings (SSSR count). The summed E-state index contributed by atoms with van der Waals surface area (Å²) in [6.07, 6.45) is 6.20. The van der Waals surface area contributed by atoms with E-state index in [2.05, 4.69) is 23.9 Å². The number of hydrogen-bond donors (Lipinski definition) is 1. The van der Waals surface area contributed by atoms with Crippen LogP contribution in [-0.4, -0.2) is 25.5 Å². The molecule has 4 nitrogen and oxygen atoms in total. The highest BCUT2D eigenvalue weighted by Gasteiger charge is 2.47. The molecule has 0 spiro atoms. The van der Waals surface area contributed by atoms with Crippen LogP contribution in [0.15, 0.2) is 12.7 Å². The molecule has 0 bridgehead atoms. The number of rotatable bonds is 2. The van der Waals surface area contributed by atoms with Gasteiger partial charge in [0, 0.05) is 0 Å². The maximum atomic E-state index is 10.5. The first-order valence-corrected chi connectivity index (χ1v) is 5.08. The van der Waals surface area contributed by atoms with Crippen molar-refractivity contribution in [3.63, 3.8) is 0 Å². The molecule has 1 aliphatic carbocycles. The number of aromatic nitrogens is 3. The lowest BCUT2D eigenvalue weighted by molar-refractivity contribution is -0.0586. The van der Waals surface area contributed by atoms with Crippen LogP contribution < -0.4 is 0 Å². The summed E-state index contributed by atoms with van der Waals surface area (Å²) in [5.41, 5.74) is -0.639. The summed E-state index contributed by atoms with van der Waals surface area (Å²) in [5.74, 6) is 0. The van der Waals surface area contributed by atoms with Crippen LogP contribution in [0.1, 0.15) is 33.1 Å². The first-order valence-electron chi connectivity index (χ1n) is 5.08. The highest BCUT2D eigenvalue weighted by Crippen LogP contribution is 2.46. The van der Waals surface area contributed by atoms with Crippen LogP contribution in [0.5, 0.6) is 0 Å². The Balaban J connectivity index is 2.17. The lowest BCUT2D eigenvalue weighted by Gasteiger charge is -2.36. The topological polar surface area (TPSA) is 50.9 Å². The third-order valence-electron chi connectivity index (χ3n) is 3.54. The number of aliphatic hydroxyl groups is 1. The van der Waals surface area contributed by atoms with Crippen LogP contribution in [0.25, 0.3) is 0 Å². The Morgan fingerprint density at radius 1 is 1.43 bits per heavy atom. The van der Waals surface area contributed by atoms with Crippen molar-refractivity contribution in [3.05, 3.63) is 12.7 Å². The Kier molecular flexibility index (Phi) is 2.10. The standard InChI is InChI=1S/C10H17N3O/c1-9(2)4-3-5-10(9,14)6-13-8-11-7-12-13/h7-8,14H,3-6H2,1-2H3. The van der Waals surface area contributed by atoms with Crippen LogP contribution in [0.2, 0.25) is 0 Å². The van der Waals surface area contributed by atoms with E-state index < -0.39 is 5.60 Å². The van der Waals surface area contributed by atoms with Gasteiger partial charge in [-0.25, -0.2) is 4.98 Å². The van der Waals surface area contributed by atoms with Gasteiger partial charge in [-0.3, -0.25) is 4.68 Å². The van der Waals surface area contributed by atoms with Gasteiger partial charge in [-0.15, -0.1) is 0 Å². The second-order valence-corrected chi connectivity index (χ2v) is 4.86. The summed E-state index contributed by atoms with van der Waals surface area (Å²) in [5, 5.41) is 14.5. The molecule has 0 amide bonds. The van der Waals surface area contributed by atoms with Crippen molar-refractivity contribution in [2.75, 3.05) is 0 Å². The second-order valence-electron chi connectivity index (χ2n) is 4.86. The van der Waals surface area contributed by atoms with Gasteiger partial charge in [-0.2, -0.15) is 5.10 Å². The minimum Gasteiger partial charge on any atom is -0.387 e. The minimum atomic E-state index is -0.624. The number of hydrogen-bond acceptors (Lipinski definition) is 3. The molecule has 1 heterocycles. The fourth-order valence-corrected chi connectivity index (χ4v) is 2.27. The second kappa shape index (κ2) is 3.05. The molecule has 78 valence electrons. The zero-order valence-corrected chi connectivity index (χ0v) is 8.77. The molecule has 14 heavy (non-hydrogen) atoms. The zero-order valence-electron chi connectivity index (χ0n) is 8.77. The average molecular weight is 195 g/mol. The van der Waals surface area contributed by atoms with Gasteiger partial charge in [0.1, 0.15) is 12.7 Å². The highest BCUT2D eigenvalue weighted by atomic mass is 16.3. The normalized spacial score (nSPS) is 30.8. The van der Waals surface area contributed by atoms with Gasteiger partial charge in [0.15, 0.2) is 0 Å². The van der Waals surface area contributed by atoms with E-state index in [1.165, 1.54) is 6.33 Å². The minimum absolute atomic E-state index is 0.0149. The van der Waals surface area contributed by atoms with Crippen molar-refractivity contribution in [2.24, 2.45) is 5.41 Å². The van der Waals surface area contributed by atoms with E-state index in [0.29, 0.717) is 6.54 Å². The Labute approximate surface area is 84.0 Å². The van der Waals surface area contributed by atoms with Crippen molar-refractivity contribution >= 4 is 0 Å². The molecule has 4 heteroatoms. The maximum Gasteiger partial charge on any atom is 0.137 e. The molecular formula is C10H17N3O. The smallest absolute Gasteiger partial charge is 0.137 e. The molecule has 1 aromatic heterocycles. The number of nitrogens with zero attached hydrogens (tertiary/aromatic N) is 3. The lowest BCUT2D eigenvalue weighted by Crippen LogP contribution is -2.43. The van der Waals surface area contributed by atoms with E-state index in [0.717, 1.165) is 19.3 Å². The summed E-state index contributed by atoms with van der Waals surface area (Å²) in [6.45, 7) is 4.80. The highest BCUT2D eigenvalue weighted by molar-refractivity contribution is 4.98. The maximum absolute atomic E-state index is 10.5. The van der Waals surface area contributed by atoms with Crippen molar-refractivity contribution in [2.45, 2.75) is 45.3 Å². The lowest BCUT2D eigenvalue weighted by atomic mass is 9.78. The van der Waals surface area contributed by atoms with Crippen LogP contribution in [0, 0.1) is 5.41 Å². The first-order chi connectivity index (χ1) is 6.54. The quantitative estimate of drug-likeness (QED) is 0.772. The third-order valence-corrected chi connectivity index (χ3v) is 3.54. The van der Waals surface area contributed by atoms with Gasteiger partial charge in [0.05, 0.1) is 12.1 Å². The van der Waals surface area contributed by atoms with Gasteiger partial charge in [0.25, 0.3) is 0 Å². The van der Waals surface area contributed by atoms with E-state index in [4.69, 9.17) is 0 Å². The fourth-order valence-electron chi connectivity index (χ4n) is 2.27. The Hall–Kier alpha value is -0.900. The van der Waals surface area contributed by atoms with Gasteiger partial charge >= 0.3 is 0 Å².